The van der Waals surface area contributed by atoms with Gasteiger partial charge in [-0.25, -0.2) is 12.7 Å². The maximum atomic E-state index is 12.5. The first-order chi connectivity index (χ1) is 12.7. The SMILES string of the molecule is COc1ccc(OC)c(CNC(=O)c2ccc(Br)c(S(=O)(=O)N(C)C)c2)c1. The van der Waals surface area contributed by atoms with Gasteiger partial charge < -0.3 is 14.8 Å². The van der Waals surface area contributed by atoms with E-state index in [2.05, 4.69) is 21.2 Å². The summed E-state index contributed by atoms with van der Waals surface area (Å²) < 4.78 is 36.8. The number of methoxy groups -OCH3 is 2. The number of nitrogens with zero attached hydrogens (tertiary/aromatic N) is 1. The lowest BCUT2D eigenvalue weighted by atomic mass is 10.1. The zero-order valence-corrected chi connectivity index (χ0v) is 17.8. The highest BCUT2D eigenvalue weighted by molar-refractivity contribution is 9.10. The van der Waals surface area contributed by atoms with Crippen LogP contribution >= 0.6 is 15.9 Å². The summed E-state index contributed by atoms with van der Waals surface area (Å²) in [5.74, 6) is 0.855. The van der Waals surface area contributed by atoms with E-state index in [-0.39, 0.29) is 17.0 Å². The van der Waals surface area contributed by atoms with Crippen LogP contribution in [0, 0.1) is 0 Å². The normalized spacial score (nSPS) is 11.3. The number of sulfonamides is 1. The summed E-state index contributed by atoms with van der Waals surface area (Å²) >= 11 is 3.23. The summed E-state index contributed by atoms with van der Waals surface area (Å²) in [6.45, 7) is 0.199. The van der Waals surface area contributed by atoms with Crippen molar-refractivity contribution in [1.82, 2.24) is 9.62 Å². The van der Waals surface area contributed by atoms with E-state index in [9.17, 15) is 13.2 Å². The maximum absolute atomic E-state index is 12.5. The lowest BCUT2D eigenvalue weighted by Crippen LogP contribution is -2.25. The minimum absolute atomic E-state index is 0.0270. The summed E-state index contributed by atoms with van der Waals surface area (Å²) in [5, 5.41) is 2.77. The largest absolute Gasteiger partial charge is 0.497 e. The highest BCUT2D eigenvalue weighted by Crippen LogP contribution is 2.26. The Bertz CT molecular complexity index is 945. The molecule has 0 aliphatic heterocycles. The average molecular weight is 457 g/mol. The number of carbonyl (C=O) groups excluding carboxylic acids is 1. The predicted molar refractivity (Wildman–Crippen MR) is 106 cm³/mol. The Labute approximate surface area is 167 Å². The fraction of sp³-hybridized carbons (Fsp3) is 0.278. The number of rotatable bonds is 7. The van der Waals surface area contributed by atoms with Crippen LogP contribution in [0.15, 0.2) is 45.8 Å². The van der Waals surface area contributed by atoms with Gasteiger partial charge in [0.25, 0.3) is 5.91 Å². The molecule has 2 rings (SSSR count). The molecule has 7 nitrogen and oxygen atoms in total. The fourth-order valence-electron chi connectivity index (χ4n) is 2.34. The molecule has 9 heteroatoms. The molecule has 0 saturated carbocycles. The smallest absolute Gasteiger partial charge is 0.251 e. The monoisotopic (exact) mass is 456 g/mol. The molecule has 0 fully saturated rings. The van der Waals surface area contributed by atoms with E-state index in [0.29, 0.717) is 16.0 Å². The van der Waals surface area contributed by atoms with Crippen molar-refractivity contribution in [2.45, 2.75) is 11.4 Å². The standard InChI is InChI=1S/C18H21BrN2O5S/c1-21(2)27(23,24)17-10-12(5-7-15(17)19)18(22)20-11-13-9-14(25-3)6-8-16(13)26-4/h5-10H,11H2,1-4H3,(H,20,22). The van der Waals surface area contributed by atoms with E-state index >= 15 is 0 Å². The minimum Gasteiger partial charge on any atom is -0.497 e. The Kier molecular flexibility index (Phi) is 6.85. The molecule has 0 aliphatic carbocycles. The minimum atomic E-state index is -3.68. The van der Waals surface area contributed by atoms with Crippen LogP contribution in [0.4, 0.5) is 0 Å². The van der Waals surface area contributed by atoms with Crippen molar-refractivity contribution in [3.8, 4) is 11.5 Å². The van der Waals surface area contributed by atoms with Crippen molar-refractivity contribution < 1.29 is 22.7 Å². The Balaban J connectivity index is 2.25. The summed E-state index contributed by atoms with van der Waals surface area (Å²) in [7, 11) is 2.28. The number of hydrogen-bond acceptors (Lipinski definition) is 5. The molecule has 0 atom stereocenters. The molecule has 146 valence electrons. The van der Waals surface area contributed by atoms with Gasteiger partial charge in [0.15, 0.2) is 0 Å². The number of carbonyl (C=O) groups is 1. The van der Waals surface area contributed by atoms with Crippen LogP contribution in [0.3, 0.4) is 0 Å². The van der Waals surface area contributed by atoms with Crippen molar-refractivity contribution >= 4 is 31.9 Å². The molecule has 0 spiro atoms. The van der Waals surface area contributed by atoms with Crippen molar-refractivity contribution in [1.29, 1.82) is 0 Å². The molecule has 0 bridgehead atoms. The molecule has 27 heavy (non-hydrogen) atoms. The Morgan fingerprint density at radius 1 is 1.11 bits per heavy atom. The quantitative estimate of drug-likeness (QED) is 0.691. The fourth-order valence-corrected chi connectivity index (χ4v) is 4.18. The second kappa shape index (κ2) is 8.73. The Morgan fingerprint density at radius 2 is 1.81 bits per heavy atom. The molecule has 2 aromatic rings. The first-order valence-corrected chi connectivity index (χ1v) is 10.1. The van der Waals surface area contributed by atoms with Gasteiger partial charge in [0, 0.05) is 36.2 Å². The lowest BCUT2D eigenvalue weighted by Gasteiger charge is -2.14. The highest BCUT2D eigenvalue weighted by atomic mass is 79.9. The van der Waals surface area contributed by atoms with Gasteiger partial charge in [-0.15, -0.1) is 0 Å². The van der Waals surface area contributed by atoms with Gasteiger partial charge in [-0.1, -0.05) is 0 Å². The van der Waals surface area contributed by atoms with Crippen molar-refractivity contribution in [3.05, 3.63) is 52.0 Å². The molecule has 0 aliphatic rings. The summed E-state index contributed by atoms with van der Waals surface area (Å²) in [5.41, 5.74) is 0.976. The van der Waals surface area contributed by atoms with Crippen LogP contribution < -0.4 is 14.8 Å². The maximum Gasteiger partial charge on any atom is 0.251 e. The molecule has 0 radical (unpaired) electrons. The number of benzene rings is 2. The van der Waals surface area contributed by atoms with Crippen molar-refractivity contribution in [2.75, 3.05) is 28.3 Å². The van der Waals surface area contributed by atoms with E-state index in [1.54, 1.807) is 38.5 Å². The number of halogens is 1. The van der Waals surface area contributed by atoms with E-state index in [4.69, 9.17) is 9.47 Å². The zero-order valence-electron chi connectivity index (χ0n) is 15.4. The van der Waals surface area contributed by atoms with Crippen LogP contribution in [0.2, 0.25) is 0 Å². The van der Waals surface area contributed by atoms with Crippen molar-refractivity contribution in [3.63, 3.8) is 0 Å². The third-order valence-corrected chi connectivity index (χ3v) is 6.69. The summed E-state index contributed by atoms with van der Waals surface area (Å²) in [4.78, 5) is 12.6. The second-order valence-corrected chi connectivity index (χ2v) is 8.77. The van der Waals surface area contributed by atoms with Gasteiger partial charge in [-0.3, -0.25) is 4.79 Å². The van der Waals surface area contributed by atoms with E-state index in [0.717, 1.165) is 9.87 Å². The van der Waals surface area contributed by atoms with Gasteiger partial charge in [-0.05, 0) is 52.3 Å². The van der Waals surface area contributed by atoms with Crippen LogP contribution in [-0.4, -0.2) is 46.9 Å². The third kappa shape index (κ3) is 4.79. The lowest BCUT2D eigenvalue weighted by molar-refractivity contribution is 0.0950. The van der Waals surface area contributed by atoms with Crippen LogP contribution in [0.1, 0.15) is 15.9 Å². The van der Waals surface area contributed by atoms with Crippen molar-refractivity contribution in [2.24, 2.45) is 0 Å². The molecular formula is C18H21BrN2O5S. The number of hydrogen-bond donors (Lipinski definition) is 1. The van der Waals surface area contributed by atoms with Gasteiger partial charge in [0.05, 0.1) is 19.1 Å². The van der Waals surface area contributed by atoms with E-state index < -0.39 is 15.9 Å². The van der Waals surface area contributed by atoms with E-state index in [1.165, 1.54) is 26.2 Å². The average Bonchev–Trinajstić information content (AvgIpc) is 2.65. The Hall–Kier alpha value is -2.10. The van der Waals surface area contributed by atoms with Gasteiger partial charge in [0.2, 0.25) is 10.0 Å². The molecule has 0 heterocycles. The summed E-state index contributed by atoms with van der Waals surface area (Å²) in [6, 6.07) is 9.72. The molecule has 0 unspecified atom stereocenters. The molecule has 1 amide bonds. The number of nitrogens with one attached hydrogen (secondary N) is 1. The Morgan fingerprint density at radius 3 is 2.41 bits per heavy atom. The number of ether oxygens (including phenoxy) is 2. The second-order valence-electron chi connectivity index (χ2n) is 5.79. The predicted octanol–water partition coefficient (Wildman–Crippen LogP) is 2.65. The number of amides is 1. The van der Waals surface area contributed by atoms with Crippen LogP contribution in [0.25, 0.3) is 0 Å². The van der Waals surface area contributed by atoms with Crippen LogP contribution in [-0.2, 0) is 16.6 Å². The zero-order chi connectivity index (χ0) is 20.2. The highest BCUT2D eigenvalue weighted by Gasteiger charge is 2.22. The molecule has 0 aromatic heterocycles. The van der Waals surface area contributed by atoms with Gasteiger partial charge >= 0.3 is 0 Å². The van der Waals surface area contributed by atoms with Crippen LogP contribution in [0.5, 0.6) is 11.5 Å². The molecule has 0 saturated heterocycles. The molecular weight excluding hydrogens is 436 g/mol. The van der Waals surface area contributed by atoms with Gasteiger partial charge in [0.1, 0.15) is 11.5 Å². The molecule has 2 aromatic carbocycles. The summed E-state index contributed by atoms with van der Waals surface area (Å²) in [6.07, 6.45) is 0. The topological polar surface area (TPSA) is 84.9 Å². The first kappa shape index (κ1) is 21.2. The molecule has 1 N–H and O–H groups in total. The first-order valence-electron chi connectivity index (χ1n) is 7.92. The van der Waals surface area contributed by atoms with Gasteiger partial charge in [-0.2, -0.15) is 0 Å². The third-order valence-electron chi connectivity index (χ3n) is 3.88. The van der Waals surface area contributed by atoms with E-state index in [1.807, 2.05) is 0 Å².